The molecule has 0 aromatic heterocycles. The first-order valence-corrected chi connectivity index (χ1v) is 6.31. The first-order chi connectivity index (χ1) is 7.26. The molecule has 0 aliphatic carbocycles. The highest BCUT2D eigenvalue weighted by atomic mass is 35.5. The zero-order chi connectivity index (χ0) is 12.8. The molecular formula is C9H16ClNO4S. The van der Waals surface area contributed by atoms with Crippen molar-refractivity contribution in [1.82, 2.24) is 5.32 Å². The quantitative estimate of drug-likeness (QED) is 0.746. The maximum Gasteiger partial charge on any atom is 0.408 e. The van der Waals surface area contributed by atoms with Gasteiger partial charge in [-0.25, -0.2) is 9.59 Å². The second-order valence-electron chi connectivity index (χ2n) is 4.02. The highest BCUT2D eigenvalue weighted by Gasteiger charge is 2.23. The largest absolute Gasteiger partial charge is 0.480 e. The number of ether oxygens (including phenoxy) is 1. The van der Waals surface area contributed by atoms with Crippen molar-refractivity contribution in [2.75, 3.05) is 11.0 Å². The van der Waals surface area contributed by atoms with Crippen molar-refractivity contribution in [1.29, 1.82) is 0 Å². The molecule has 1 amide bonds. The first kappa shape index (κ1) is 15.4. The first-order valence-electron chi connectivity index (χ1n) is 4.62. The topological polar surface area (TPSA) is 75.6 Å². The molecule has 1 atom stereocenters. The van der Waals surface area contributed by atoms with Crippen LogP contribution < -0.4 is 5.32 Å². The molecule has 0 aromatic carbocycles. The van der Waals surface area contributed by atoms with Gasteiger partial charge in [0.1, 0.15) is 11.6 Å². The van der Waals surface area contributed by atoms with Crippen molar-refractivity contribution >= 4 is 35.4 Å². The van der Waals surface area contributed by atoms with E-state index in [9.17, 15) is 9.59 Å². The molecule has 94 valence electrons. The number of hydrogen-bond acceptors (Lipinski definition) is 4. The maximum atomic E-state index is 11.3. The smallest absolute Gasteiger partial charge is 0.408 e. The van der Waals surface area contributed by atoms with Gasteiger partial charge in [0.25, 0.3) is 0 Å². The number of carbonyl (C=O) groups is 2. The van der Waals surface area contributed by atoms with Crippen LogP contribution in [0.4, 0.5) is 4.79 Å². The maximum absolute atomic E-state index is 11.3. The van der Waals surface area contributed by atoms with Gasteiger partial charge >= 0.3 is 12.1 Å². The van der Waals surface area contributed by atoms with Gasteiger partial charge in [0.05, 0.1) is 5.21 Å². The van der Waals surface area contributed by atoms with Crippen molar-refractivity contribution < 1.29 is 19.4 Å². The number of amides is 1. The molecule has 16 heavy (non-hydrogen) atoms. The van der Waals surface area contributed by atoms with Gasteiger partial charge in [-0.05, 0) is 20.8 Å². The summed E-state index contributed by atoms with van der Waals surface area (Å²) in [5, 5.41) is 11.4. The molecule has 0 spiro atoms. The molecule has 0 heterocycles. The Kier molecular flexibility index (Phi) is 6.59. The Balaban J connectivity index is 4.19. The number of halogens is 1. The van der Waals surface area contributed by atoms with E-state index >= 15 is 0 Å². The van der Waals surface area contributed by atoms with Gasteiger partial charge in [-0.3, -0.25) is 0 Å². The van der Waals surface area contributed by atoms with Crippen LogP contribution in [0.1, 0.15) is 20.8 Å². The summed E-state index contributed by atoms with van der Waals surface area (Å²) in [7, 11) is 0. The predicted molar refractivity (Wildman–Crippen MR) is 64.0 cm³/mol. The molecule has 0 radical (unpaired) electrons. The Bertz CT molecular complexity index is 254. The standard InChI is InChI=1S/C9H16ClNO4S/c1-9(2,3)15-8(14)11-6(7(12)13)4-16-5-10/h6H,4-5H2,1-3H3,(H,11,14)(H,12,13)/t6-/m0/s1. The van der Waals surface area contributed by atoms with Crippen molar-refractivity contribution in [3.8, 4) is 0 Å². The van der Waals surface area contributed by atoms with E-state index in [0.29, 0.717) is 0 Å². The highest BCUT2D eigenvalue weighted by molar-refractivity contribution is 8.00. The van der Waals surface area contributed by atoms with Gasteiger partial charge in [0.2, 0.25) is 0 Å². The summed E-state index contributed by atoms with van der Waals surface area (Å²) >= 11 is 6.64. The van der Waals surface area contributed by atoms with Gasteiger partial charge in [-0.15, -0.1) is 23.4 Å². The van der Waals surface area contributed by atoms with Crippen LogP contribution in [0.5, 0.6) is 0 Å². The molecule has 7 heteroatoms. The molecule has 0 saturated carbocycles. The lowest BCUT2D eigenvalue weighted by Crippen LogP contribution is -2.44. The van der Waals surface area contributed by atoms with Crippen LogP contribution in [0, 0.1) is 0 Å². The molecule has 0 aromatic rings. The Morgan fingerprint density at radius 2 is 2.06 bits per heavy atom. The number of alkyl halides is 1. The second-order valence-corrected chi connectivity index (χ2v) is 5.63. The highest BCUT2D eigenvalue weighted by Crippen LogP contribution is 2.09. The third-order valence-corrected chi connectivity index (χ3v) is 2.54. The average Bonchev–Trinajstić information content (AvgIpc) is 2.08. The molecule has 2 N–H and O–H groups in total. The summed E-state index contributed by atoms with van der Waals surface area (Å²) in [6, 6.07) is -0.987. The lowest BCUT2D eigenvalue weighted by atomic mass is 10.2. The van der Waals surface area contributed by atoms with Crippen molar-refractivity contribution in [3.05, 3.63) is 0 Å². The van der Waals surface area contributed by atoms with E-state index in [1.807, 2.05) is 0 Å². The molecular weight excluding hydrogens is 254 g/mol. The van der Waals surface area contributed by atoms with Gasteiger partial charge in [-0.2, -0.15) is 0 Å². The van der Waals surface area contributed by atoms with E-state index in [1.54, 1.807) is 20.8 Å². The summed E-state index contributed by atoms with van der Waals surface area (Å²) < 4.78 is 4.94. The van der Waals surface area contributed by atoms with E-state index in [-0.39, 0.29) is 11.0 Å². The molecule has 0 fully saturated rings. The van der Waals surface area contributed by atoms with E-state index in [1.165, 1.54) is 11.8 Å². The summed E-state index contributed by atoms with van der Waals surface area (Å²) in [6.07, 6.45) is -0.741. The third-order valence-electron chi connectivity index (χ3n) is 1.35. The fourth-order valence-corrected chi connectivity index (χ4v) is 1.60. The van der Waals surface area contributed by atoms with Crippen molar-refractivity contribution in [2.24, 2.45) is 0 Å². The number of alkyl carbamates (subject to hydrolysis) is 1. The Labute approximate surface area is 104 Å². The summed E-state index contributed by atoms with van der Waals surface area (Å²) in [5.41, 5.74) is -0.646. The third kappa shape index (κ3) is 7.64. The molecule has 5 nitrogen and oxygen atoms in total. The van der Waals surface area contributed by atoms with Crippen molar-refractivity contribution in [2.45, 2.75) is 32.4 Å². The molecule has 0 unspecified atom stereocenters. The van der Waals surface area contributed by atoms with Crippen LogP contribution in [-0.2, 0) is 9.53 Å². The van der Waals surface area contributed by atoms with E-state index < -0.39 is 23.7 Å². The summed E-state index contributed by atoms with van der Waals surface area (Å²) in [5.74, 6) is -0.901. The molecule has 0 rings (SSSR count). The van der Waals surface area contributed by atoms with Gasteiger partial charge < -0.3 is 15.2 Å². The van der Waals surface area contributed by atoms with E-state index in [2.05, 4.69) is 5.32 Å². The lowest BCUT2D eigenvalue weighted by molar-refractivity contribution is -0.138. The zero-order valence-corrected chi connectivity index (χ0v) is 11.0. The molecule has 0 aliphatic rings. The fraction of sp³-hybridized carbons (Fsp3) is 0.778. The minimum Gasteiger partial charge on any atom is -0.480 e. The zero-order valence-electron chi connectivity index (χ0n) is 9.45. The number of aliphatic carboxylic acids is 1. The normalized spacial score (nSPS) is 13.0. The van der Waals surface area contributed by atoms with Gasteiger partial charge in [0.15, 0.2) is 0 Å². The Morgan fingerprint density at radius 1 is 1.50 bits per heavy atom. The number of carboxylic acid groups (broad SMARTS) is 1. The van der Waals surface area contributed by atoms with Crippen molar-refractivity contribution in [3.63, 3.8) is 0 Å². The summed E-state index contributed by atoms with van der Waals surface area (Å²) in [6.45, 7) is 5.11. The second kappa shape index (κ2) is 6.85. The van der Waals surface area contributed by atoms with Crippen LogP contribution in [0.15, 0.2) is 0 Å². The number of hydrogen-bond donors (Lipinski definition) is 2. The minimum absolute atomic E-state index is 0.206. The lowest BCUT2D eigenvalue weighted by Gasteiger charge is -2.21. The van der Waals surface area contributed by atoms with E-state index in [4.69, 9.17) is 21.4 Å². The molecule has 0 aliphatic heterocycles. The number of thioether (sulfide) groups is 1. The SMILES string of the molecule is CC(C)(C)OC(=O)N[C@@H](CSCCl)C(=O)O. The number of rotatable bonds is 5. The number of carbonyl (C=O) groups excluding carboxylic acids is 1. The molecule has 0 saturated heterocycles. The van der Waals surface area contributed by atoms with Crippen LogP contribution in [0.3, 0.4) is 0 Å². The number of carboxylic acids is 1. The van der Waals surface area contributed by atoms with Crippen LogP contribution in [-0.4, -0.2) is 39.8 Å². The van der Waals surface area contributed by atoms with E-state index in [0.717, 1.165) is 0 Å². The Morgan fingerprint density at radius 3 is 2.44 bits per heavy atom. The number of nitrogens with one attached hydrogen (secondary N) is 1. The fourth-order valence-electron chi connectivity index (χ4n) is 0.787. The van der Waals surface area contributed by atoms with Crippen LogP contribution in [0.2, 0.25) is 0 Å². The van der Waals surface area contributed by atoms with Crippen LogP contribution >= 0.6 is 23.4 Å². The monoisotopic (exact) mass is 269 g/mol. The van der Waals surface area contributed by atoms with Gasteiger partial charge in [0, 0.05) is 5.75 Å². The van der Waals surface area contributed by atoms with Gasteiger partial charge in [-0.1, -0.05) is 0 Å². The van der Waals surface area contributed by atoms with Crippen LogP contribution in [0.25, 0.3) is 0 Å². The summed E-state index contributed by atoms with van der Waals surface area (Å²) in [4.78, 5) is 22.1. The minimum atomic E-state index is -1.11. The average molecular weight is 270 g/mol. The Hall–Kier alpha value is -0.620. The molecule has 0 bridgehead atoms. The predicted octanol–water partition coefficient (Wildman–Crippen LogP) is 1.89.